The topological polar surface area (TPSA) is 141 Å². The Bertz CT molecular complexity index is 1520. The average molecular weight is 525 g/mol. The van der Waals surface area contributed by atoms with Crippen LogP contribution in [0.5, 0.6) is 0 Å². The second-order valence-electron chi connectivity index (χ2n) is 7.90. The number of methoxy groups -OCH3 is 1. The first-order valence-electron chi connectivity index (χ1n) is 10.3. The zero-order valence-corrected chi connectivity index (χ0v) is 21.0. The van der Waals surface area contributed by atoms with Gasteiger partial charge in [-0.3, -0.25) is 4.79 Å². The molecule has 3 aromatic rings. The lowest BCUT2D eigenvalue weighted by molar-refractivity contribution is 0.0997. The van der Waals surface area contributed by atoms with Crippen molar-refractivity contribution in [1.29, 1.82) is 0 Å². The number of carbonyl (C=O) groups excluding carboxylic acids is 1. The minimum Gasteiger partial charge on any atom is -0.383 e. The number of fused-ring (bicyclic) bond motifs is 1. The van der Waals surface area contributed by atoms with E-state index in [1.165, 1.54) is 40.7 Å². The molecule has 0 spiro atoms. The maximum Gasteiger partial charge on any atom is 0.279 e. The highest BCUT2D eigenvalue weighted by Crippen LogP contribution is 2.30. The fraction of sp³-hybridized carbons (Fsp3) is 0.333. The van der Waals surface area contributed by atoms with Gasteiger partial charge in [-0.05, 0) is 55.3 Å². The smallest absolute Gasteiger partial charge is 0.279 e. The minimum absolute atomic E-state index is 0.0339. The molecule has 34 heavy (non-hydrogen) atoms. The van der Waals surface area contributed by atoms with E-state index in [0.717, 1.165) is 24.2 Å². The van der Waals surface area contributed by atoms with Gasteiger partial charge in [0, 0.05) is 32.3 Å². The molecule has 1 aromatic heterocycles. The van der Waals surface area contributed by atoms with E-state index in [0.29, 0.717) is 28.2 Å². The van der Waals surface area contributed by atoms with Crippen LogP contribution in [0, 0.1) is 0 Å². The number of nitrogens with zero attached hydrogens (tertiary/aromatic N) is 3. The van der Waals surface area contributed by atoms with Crippen LogP contribution in [-0.4, -0.2) is 58.4 Å². The standard InChI is InChI=1S/C21H24N4O6S3/c1-24(15-5-6-15)34(29,30)16-7-3-14(4-8-16)20(26)23-21-25(11-12-31-2)18-10-9-17(33(22,27)28)13-19(18)32-21/h3-4,7-10,13,15H,5-6,11-12H2,1-2H3,(H2,22,27,28). The lowest BCUT2D eigenvalue weighted by Crippen LogP contribution is -2.28. The summed E-state index contributed by atoms with van der Waals surface area (Å²) in [6, 6.07) is 10.2. The maximum absolute atomic E-state index is 12.9. The molecule has 0 aliphatic heterocycles. The Morgan fingerprint density at radius 1 is 1.15 bits per heavy atom. The van der Waals surface area contributed by atoms with Gasteiger partial charge >= 0.3 is 0 Å². The van der Waals surface area contributed by atoms with Crippen molar-refractivity contribution in [2.24, 2.45) is 10.1 Å². The van der Waals surface area contributed by atoms with Crippen LogP contribution in [0.1, 0.15) is 23.2 Å². The SMILES string of the molecule is COCCn1c(=NC(=O)c2ccc(S(=O)(=O)N(C)C3CC3)cc2)sc2cc(S(N)(=O)=O)ccc21. The molecule has 2 aromatic carbocycles. The van der Waals surface area contributed by atoms with Crippen LogP contribution in [0.25, 0.3) is 10.2 Å². The molecule has 1 aliphatic carbocycles. The third-order valence-corrected chi connectivity index (χ3v) is 9.41. The number of primary sulfonamides is 1. The van der Waals surface area contributed by atoms with Gasteiger partial charge in [-0.2, -0.15) is 9.30 Å². The highest BCUT2D eigenvalue weighted by Gasteiger charge is 2.35. The van der Waals surface area contributed by atoms with Crippen LogP contribution in [0.2, 0.25) is 0 Å². The van der Waals surface area contributed by atoms with E-state index in [2.05, 4.69) is 4.99 Å². The van der Waals surface area contributed by atoms with Crippen molar-refractivity contribution >= 4 is 47.5 Å². The molecule has 1 heterocycles. The summed E-state index contributed by atoms with van der Waals surface area (Å²) in [4.78, 5) is 17.5. The fourth-order valence-electron chi connectivity index (χ4n) is 3.44. The van der Waals surface area contributed by atoms with Gasteiger partial charge in [0.1, 0.15) is 0 Å². The Morgan fingerprint density at radius 3 is 2.38 bits per heavy atom. The summed E-state index contributed by atoms with van der Waals surface area (Å²) in [6.07, 6.45) is 1.70. The number of hydrogen-bond acceptors (Lipinski definition) is 7. The highest BCUT2D eigenvalue weighted by molar-refractivity contribution is 7.89. The van der Waals surface area contributed by atoms with E-state index in [4.69, 9.17) is 9.88 Å². The zero-order valence-electron chi connectivity index (χ0n) is 18.5. The Kier molecular flexibility index (Phi) is 6.77. The summed E-state index contributed by atoms with van der Waals surface area (Å²) < 4.78 is 57.7. The predicted molar refractivity (Wildman–Crippen MR) is 127 cm³/mol. The molecule has 4 rings (SSSR count). The van der Waals surface area contributed by atoms with Crippen LogP contribution in [0.3, 0.4) is 0 Å². The first kappa shape index (κ1) is 24.7. The number of nitrogens with two attached hydrogens (primary N) is 1. The summed E-state index contributed by atoms with van der Waals surface area (Å²) in [7, 11) is -4.39. The van der Waals surface area contributed by atoms with Crippen LogP contribution in [0.15, 0.2) is 57.2 Å². The van der Waals surface area contributed by atoms with Crippen molar-refractivity contribution in [2.75, 3.05) is 20.8 Å². The highest BCUT2D eigenvalue weighted by atomic mass is 32.2. The van der Waals surface area contributed by atoms with Gasteiger partial charge in [-0.1, -0.05) is 11.3 Å². The molecule has 0 saturated heterocycles. The number of benzene rings is 2. The molecule has 0 atom stereocenters. The maximum atomic E-state index is 12.9. The van der Waals surface area contributed by atoms with E-state index in [-0.39, 0.29) is 21.4 Å². The second kappa shape index (κ2) is 9.32. The molecule has 10 nitrogen and oxygen atoms in total. The summed E-state index contributed by atoms with van der Waals surface area (Å²) in [5, 5.41) is 5.24. The third kappa shape index (κ3) is 4.99. The summed E-state index contributed by atoms with van der Waals surface area (Å²) in [5.74, 6) is -0.552. The molecule has 13 heteroatoms. The molecule has 1 amide bonds. The van der Waals surface area contributed by atoms with Crippen molar-refractivity contribution in [3.8, 4) is 0 Å². The molecular weight excluding hydrogens is 500 g/mol. The minimum atomic E-state index is -3.88. The Balaban J connectivity index is 1.70. The van der Waals surface area contributed by atoms with Gasteiger partial charge in [-0.15, -0.1) is 0 Å². The van der Waals surface area contributed by atoms with Crippen LogP contribution in [0.4, 0.5) is 0 Å². The zero-order chi connectivity index (χ0) is 24.7. The normalized spacial score (nSPS) is 15.4. The number of amides is 1. The van der Waals surface area contributed by atoms with E-state index >= 15 is 0 Å². The predicted octanol–water partition coefficient (Wildman–Crippen LogP) is 1.52. The first-order valence-corrected chi connectivity index (χ1v) is 14.1. The largest absolute Gasteiger partial charge is 0.383 e. The van der Waals surface area contributed by atoms with E-state index in [1.807, 2.05) is 0 Å². The van der Waals surface area contributed by atoms with Gasteiger partial charge in [0.25, 0.3) is 5.91 Å². The van der Waals surface area contributed by atoms with Crippen molar-refractivity contribution in [3.63, 3.8) is 0 Å². The summed E-state index contributed by atoms with van der Waals surface area (Å²) >= 11 is 1.15. The molecular formula is C21H24N4O6S3. The van der Waals surface area contributed by atoms with E-state index in [1.54, 1.807) is 24.8 Å². The monoisotopic (exact) mass is 524 g/mol. The number of rotatable bonds is 8. The summed E-state index contributed by atoms with van der Waals surface area (Å²) in [5.41, 5.74) is 0.916. The van der Waals surface area contributed by atoms with Crippen molar-refractivity contribution in [1.82, 2.24) is 8.87 Å². The Hall–Kier alpha value is -2.42. The van der Waals surface area contributed by atoms with E-state index in [9.17, 15) is 21.6 Å². The number of hydrogen-bond donors (Lipinski definition) is 1. The number of aromatic nitrogens is 1. The quantitative estimate of drug-likeness (QED) is 0.474. The van der Waals surface area contributed by atoms with E-state index < -0.39 is 26.0 Å². The molecule has 182 valence electrons. The summed E-state index contributed by atoms with van der Waals surface area (Å²) in [6.45, 7) is 0.743. The lowest BCUT2D eigenvalue weighted by Gasteiger charge is -2.16. The molecule has 1 aliphatic rings. The van der Waals surface area contributed by atoms with Crippen LogP contribution < -0.4 is 9.94 Å². The molecule has 1 fully saturated rings. The van der Waals surface area contributed by atoms with Gasteiger partial charge in [-0.25, -0.2) is 22.0 Å². The number of carbonyl (C=O) groups is 1. The van der Waals surface area contributed by atoms with Gasteiger partial charge in [0.05, 0.1) is 26.6 Å². The third-order valence-electron chi connectivity index (χ3n) is 5.54. The molecule has 0 radical (unpaired) electrons. The van der Waals surface area contributed by atoms with Crippen LogP contribution >= 0.6 is 11.3 Å². The molecule has 1 saturated carbocycles. The number of thiazole rings is 1. The van der Waals surface area contributed by atoms with Crippen LogP contribution in [-0.2, 0) is 31.3 Å². The van der Waals surface area contributed by atoms with Crippen molar-refractivity contribution < 1.29 is 26.4 Å². The van der Waals surface area contributed by atoms with Crippen molar-refractivity contribution in [2.45, 2.75) is 35.2 Å². The average Bonchev–Trinajstić information content (AvgIpc) is 3.58. The van der Waals surface area contributed by atoms with Gasteiger partial charge < -0.3 is 9.30 Å². The van der Waals surface area contributed by atoms with Gasteiger partial charge in [0.15, 0.2) is 4.80 Å². The second-order valence-corrected chi connectivity index (χ2v) is 12.5. The lowest BCUT2D eigenvalue weighted by atomic mass is 10.2. The molecule has 2 N–H and O–H groups in total. The van der Waals surface area contributed by atoms with Crippen molar-refractivity contribution in [3.05, 3.63) is 52.8 Å². The number of sulfonamides is 2. The number of ether oxygens (including phenoxy) is 1. The van der Waals surface area contributed by atoms with Gasteiger partial charge in [0.2, 0.25) is 20.0 Å². The Morgan fingerprint density at radius 2 is 1.79 bits per heavy atom. The Labute approximate surface area is 201 Å². The fourth-order valence-corrected chi connectivity index (χ4v) is 6.56. The first-order chi connectivity index (χ1) is 16.0. The molecule has 0 bridgehead atoms. The molecule has 0 unspecified atom stereocenters.